The number of hydrogen-bond acceptors (Lipinski definition) is 1. The minimum atomic E-state index is -7.06. The van der Waals surface area contributed by atoms with Gasteiger partial charge in [-0.1, -0.05) is 12.1 Å². The molecule has 14 heteroatoms. The Morgan fingerprint density at radius 3 is 1.56 bits per heavy atom. The maximum absolute atomic E-state index is 14.3. The first-order chi connectivity index (χ1) is 10.9. The molecule has 0 fully saturated rings. The zero-order valence-electron chi connectivity index (χ0n) is 11.1. The summed E-state index contributed by atoms with van der Waals surface area (Å²) in [5.41, 5.74) is -14.4. The van der Waals surface area contributed by atoms with Crippen LogP contribution in [0.3, 0.4) is 0 Å². The molecule has 0 saturated carbocycles. The number of benzene rings is 1. The zero-order valence-corrected chi connectivity index (χ0v) is 13.5. The summed E-state index contributed by atoms with van der Waals surface area (Å²) < 4.78 is 153. The van der Waals surface area contributed by atoms with Crippen molar-refractivity contribution in [2.24, 2.45) is 0 Å². The van der Waals surface area contributed by atoms with Crippen molar-refractivity contribution in [1.82, 2.24) is 0 Å². The highest BCUT2D eigenvalue weighted by molar-refractivity contribution is 9.10. The summed E-state index contributed by atoms with van der Waals surface area (Å²) in [6.07, 6.45) is -13.9. The van der Waals surface area contributed by atoms with Crippen molar-refractivity contribution in [1.29, 1.82) is 0 Å². The molecule has 0 heterocycles. The molecular weight excluding hydrogens is 472 g/mol. The molecule has 0 nitrogen and oxygen atoms in total. The molecular formula is C11H3BrF12S. The standard InChI is InChI=1S/C11H3BrF12S/c12-5-3-1-2-4(6(5)25-11(22,23)24)7(13,9(16,17)18)8(14,15)10(19,20)21/h1-3H. The summed E-state index contributed by atoms with van der Waals surface area (Å²) in [5, 5.41) is 0. The average Bonchev–Trinajstić information content (AvgIpc) is 2.36. The van der Waals surface area contributed by atoms with Crippen LogP contribution in [0, 0.1) is 0 Å². The molecule has 1 unspecified atom stereocenters. The van der Waals surface area contributed by atoms with Crippen molar-refractivity contribution in [3.63, 3.8) is 0 Å². The van der Waals surface area contributed by atoms with Crippen LogP contribution < -0.4 is 0 Å². The van der Waals surface area contributed by atoms with E-state index in [1.807, 2.05) is 0 Å². The van der Waals surface area contributed by atoms with E-state index in [0.29, 0.717) is 12.1 Å². The van der Waals surface area contributed by atoms with Gasteiger partial charge >= 0.3 is 29.5 Å². The minimum Gasteiger partial charge on any atom is -0.221 e. The molecule has 0 saturated heterocycles. The molecule has 0 bridgehead atoms. The van der Waals surface area contributed by atoms with Gasteiger partial charge in [0.25, 0.3) is 0 Å². The van der Waals surface area contributed by atoms with Gasteiger partial charge in [-0.25, -0.2) is 4.39 Å². The monoisotopic (exact) mass is 474 g/mol. The second-order valence-corrected chi connectivity index (χ2v) is 6.32. The van der Waals surface area contributed by atoms with Crippen LogP contribution in [0.1, 0.15) is 5.56 Å². The Kier molecular flexibility index (Phi) is 5.72. The Hall–Kier alpha value is -0.790. The Balaban J connectivity index is 3.86. The largest absolute Gasteiger partial charge is 0.457 e. The smallest absolute Gasteiger partial charge is 0.221 e. The lowest BCUT2D eigenvalue weighted by atomic mass is 9.87. The number of alkyl halides is 12. The third-order valence-corrected chi connectivity index (χ3v) is 4.53. The van der Waals surface area contributed by atoms with E-state index < -0.39 is 56.1 Å². The fourth-order valence-electron chi connectivity index (χ4n) is 1.69. The first kappa shape index (κ1) is 22.3. The van der Waals surface area contributed by atoms with E-state index in [-0.39, 0.29) is 6.07 Å². The normalized spacial score (nSPS) is 16.7. The molecule has 0 spiro atoms. The molecule has 1 aromatic carbocycles. The van der Waals surface area contributed by atoms with Crippen LogP contribution in [0.15, 0.2) is 27.6 Å². The second-order valence-electron chi connectivity index (χ2n) is 4.39. The van der Waals surface area contributed by atoms with E-state index in [1.165, 1.54) is 0 Å². The van der Waals surface area contributed by atoms with Gasteiger partial charge in [0.2, 0.25) is 0 Å². The van der Waals surface area contributed by atoms with Crippen molar-refractivity contribution in [2.45, 2.75) is 34.3 Å². The van der Waals surface area contributed by atoms with Crippen molar-refractivity contribution in [3.05, 3.63) is 28.2 Å². The van der Waals surface area contributed by atoms with Gasteiger partial charge in [-0.05, 0) is 33.8 Å². The van der Waals surface area contributed by atoms with Gasteiger partial charge in [0.1, 0.15) is 0 Å². The number of hydrogen-bond donors (Lipinski definition) is 0. The molecule has 0 amide bonds. The molecule has 1 rings (SSSR count). The van der Waals surface area contributed by atoms with Crippen LogP contribution in [0.25, 0.3) is 0 Å². The van der Waals surface area contributed by atoms with E-state index in [0.717, 1.165) is 0 Å². The van der Waals surface area contributed by atoms with Crippen molar-refractivity contribution in [2.75, 3.05) is 0 Å². The fraction of sp³-hybridized carbons (Fsp3) is 0.455. The van der Waals surface area contributed by atoms with Gasteiger partial charge in [-0.3, -0.25) is 0 Å². The first-order valence-electron chi connectivity index (χ1n) is 5.61. The highest BCUT2D eigenvalue weighted by Crippen LogP contribution is 2.60. The summed E-state index contributed by atoms with van der Waals surface area (Å²) in [6, 6.07) is 0.804. The van der Waals surface area contributed by atoms with Crippen LogP contribution in [-0.4, -0.2) is 23.8 Å². The molecule has 0 aliphatic heterocycles. The minimum absolute atomic E-state index is 0.216. The molecule has 25 heavy (non-hydrogen) atoms. The third kappa shape index (κ3) is 3.98. The van der Waals surface area contributed by atoms with Gasteiger partial charge in [0, 0.05) is 14.9 Å². The molecule has 0 radical (unpaired) electrons. The van der Waals surface area contributed by atoms with Gasteiger partial charge in [-0.2, -0.15) is 48.3 Å². The number of rotatable bonds is 3. The lowest BCUT2D eigenvalue weighted by Crippen LogP contribution is -2.60. The quantitative estimate of drug-likeness (QED) is 0.336. The van der Waals surface area contributed by atoms with E-state index in [2.05, 4.69) is 15.9 Å². The van der Waals surface area contributed by atoms with Crippen molar-refractivity contribution >= 4 is 27.7 Å². The highest BCUT2D eigenvalue weighted by Gasteiger charge is 2.82. The topological polar surface area (TPSA) is 0 Å². The summed E-state index contributed by atoms with van der Waals surface area (Å²) in [7, 11) is 0. The SMILES string of the molecule is FC(F)(F)Sc1c(Br)cccc1C(F)(C(F)(F)F)C(F)(F)C(F)(F)F. The molecule has 1 atom stereocenters. The van der Waals surface area contributed by atoms with Crippen molar-refractivity contribution < 1.29 is 52.7 Å². The van der Waals surface area contributed by atoms with Crippen LogP contribution in [0.2, 0.25) is 0 Å². The Morgan fingerprint density at radius 2 is 1.20 bits per heavy atom. The van der Waals surface area contributed by atoms with Crippen molar-refractivity contribution in [3.8, 4) is 0 Å². The summed E-state index contributed by atoms with van der Waals surface area (Å²) in [6.45, 7) is 0. The predicted octanol–water partition coefficient (Wildman–Crippen LogP) is 6.99. The van der Waals surface area contributed by atoms with E-state index in [9.17, 15) is 52.7 Å². The van der Waals surface area contributed by atoms with Gasteiger partial charge in [-0.15, -0.1) is 0 Å². The summed E-state index contributed by atoms with van der Waals surface area (Å²) in [4.78, 5) is -1.81. The zero-order chi connectivity index (χ0) is 20.1. The Bertz CT molecular complexity index is 631. The van der Waals surface area contributed by atoms with E-state index in [4.69, 9.17) is 0 Å². The number of thioether (sulfide) groups is 1. The molecule has 0 aromatic heterocycles. The summed E-state index contributed by atoms with van der Waals surface area (Å²) in [5.74, 6) is -7.06. The van der Waals surface area contributed by atoms with Crippen LogP contribution >= 0.6 is 27.7 Å². The lowest BCUT2D eigenvalue weighted by molar-refractivity contribution is -0.389. The Morgan fingerprint density at radius 1 is 0.720 bits per heavy atom. The third-order valence-electron chi connectivity index (χ3n) is 2.74. The average molecular weight is 475 g/mol. The maximum atomic E-state index is 14.3. The molecule has 0 N–H and O–H groups in total. The maximum Gasteiger partial charge on any atom is 0.457 e. The molecule has 0 aliphatic carbocycles. The lowest BCUT2D eigenvalue weighted by Gasteiger charge is -2.37. The second kappa shape index (κ2) is 6.43. The van der Waals surface area contributed by atoms with Gasteiger partial charge < -0.3 is 0 Å². The fourth-order valence-corrected chi connectivity index (χ4v) is 3.02. The first-order valence-corrected chi connectivity index (χ1v) is 7.22. The molecule has 0 aliphatic rings. The van der Waals surface area contributed by atoms with Gasteiger partial charge in [0.05, 0.1) is 0 Å². The van der Waals surface area contributed by atoms with Crippen LogP contribution in [0.5, 0.6) is 0 Å². The molecule has 1 aromatic rings. The van der Waals surface area contributed by atoms with E-state index in [1.54, 1.807) is 0 Å². The highest BCUT2D eigenvalue weighted by atomic mass is 79.9. The summed E-state index contributed by atoms with van der Waals surface area (Å²) >= 11 is 0.831. The van der Waals surface area contributed by atoms with Crippen LogP contribution in [-0.2, 0) is 5.67 Å². The number of halogens is 13. The Labute approximate surface area is 143 Å². The van der Waals surface area contributed by atoms with E-state index >= 15 is 0 Å². The van der Waals surface area contributed by atoms with Crippen LogP contribution in [0.4, 0.5) is 52.7 Å². The predicted molar refractivity (Wildman–Crippen MR) is 65.9 cm³/mol. The molecule has 144 valence electrons. The van der Waals surface area contributed by atoms with Gasteiger partial charge in [0.15, 0.2) is 0 Å².